The maximum Gasteiger partial charge on any atom is 0.261 e. The topological polar surface area (TPSA) is 78.5 Å². The van der Waals surface area contributed by atoms with Gasteiger partial charge in [0.05, 0.1) is 10.6 Å². The highest BCUT2D eigenvalue weighted by Gasteiger charge is 2.24. The van der Waals surface area contributed by atoms with E-state index < -0.39 is 10.0 Å². The van der Waals surface area contributed by atoms with Crippen molar-refractivity contribution in [3.63, 3.8) is 0 Å². The monoisotopic (exact) mass is 373 g/mol. The summed E-state index contributed by atoms with van der Waals surface area (Å²) in [5.74, 6) is -0.304. The second-order valence-corrected chi connectivity index (χ2v) is 9.67. The molecular formula is C16H27N3O3S2. The van der Waals surface area contributed by atoms with Gasteiger partial charge in [-0.25, -0.2) is 13.1 Å². The number of nitrogens with zero attached hydrogens (tertiary/aromatic N) is 1. The van der Waals surface area contributed by atoms with Crippen LogP contribution in [0.3, 0.4) is 0 Å². The van der Waals surface area contributed by atoms with Gasteiger partial charge in [-0.05, 0) is 58.8 Å². The van der Waals surface area contributed by atoms with E-state index in [0.29, 0.717) is 10.9 Å². The predicted octanol–water partition coefficient (Wildman–Crippen LogP) is 1.58. The number of nitrogens with one attached hydrogen (secondary N) is 2. The van der Waals surface area contributed by atoms with Gasteiger partial charge in [0.25, 0.3) is 5.91 Å². The number of piperidine rings is 1. The molecule has 0 atom stereocenters. The van der Waals surface area contributed by atoms with Crippen molar-refractivity contribution >= 4 is 27.3 Å². The smallest absolute Gasteiger partial charge is 0.261 e. The first-order chi connectivity index (χ1) is 11.3. The molecule has 2 heterocycles. The molecule has 1 amide bonds. The Morgan fingerprint density at radius 2 is 2.00 bits per heavy atom. The van der Waals surface area contributed by atoms with E-state index in [4.69, 9.17) is 0 Å². The molecule has 0 saturated carbocycles. The van der Waals surface area contributed by atoms with E-state index in [9.17, 15) is 13.2 Å². The summed E-state index contributed by atoms with van der Waals surface area (Å²) in [7, 11) is -3.37. The first-order valence-corrected chi connectivity index (χ1v) is 10.8. The normalized spacial score (nSPS) is 17.3. The number of carbonyl (C=O) groups is 1. The number of hydrogen-bond donors (Lipinski definition) is 2. The third-order valence-electron chi connectivity index (χ3n) is 4.23. The van der Waals surface area contributed by atoms with Crippen LogP contribution in [-0.4, -0.2) is 56.7 Å². The lowest BCUT2D eigenvalue weighted by molar-refractivity contribution is 0.0960. The molecule has 0 bridgehead atoms. The molecule has 1 saturated heterocycles. The van der Waals surface area contributed by atoms with Crippen LogP contribution in [0.4, 0.5) is 0 Å². The van der Waals surface area contributed by atoms with Gasteiger partial charge in [0.1, 0.15) is 0 Å². The SMILES string of the molecule is Cc1ccc(C(=O)NCCS(=O)(=O)NC2CCN(C(C)C)CC2)s1. The van der Waals surface area contributed by atoms with Gasteiger partial charge >= 0.3 is 0 Å². The number of hydrogen-bond acceptors (Lipinski definition) is 5. The second kappa shape index (κ2) is 8.42. The molecular weight excluding hydrogens is 346 g/mol. The van der Waals surface area contributed by atoms with E-state index in [1.165, 1.54) is 11.3 Å². The van der Waals surface area contributed by atoms with Crippen molar-refractivity contribution in [2.45, 2.75) is 45.7 Å². The summed E-state index contributed by atoms with van der Waals surface area (Å²) in [4.78, 5) is 15.9. The lowest BCUT2D eigenvalue weighted by Crippen LogP contribution is -2.47. The summed E-state index contributed by atoms with van der Waals surface area (Å²) in [6, 6.07) is 4.13. The molecule has 2 rings (SSSR count). The number of carbonyl (C=O) groups excluding carboxylic acids is 1. The van der Waals surface area contributed by atoms with Gasteiger partial charge in [-0.3, -0.25) is 4.79 Å². The standard InChI is InChI=1S/C16H27N3O3S2/c1-12(2)19-9-6-14(7-10-19)18-24(21,22)11-8-17-16(20)15-5-4-13(3)23-15/h4-5,12,14,18H,6-11H2,1-3H3,(H,17,20). The largest absolute Gasteiger partial charge is 0.350 e. The average Bonchev–Trinajstić information content (AvgIpc) is 2.93. The minimum Gasteiger partial charge on any atom is -0.350 e. The zero-order valence-corrected chi connectivity index (χ0v) is 16.2. The zero-order valence-electron chi connectivity index (χ0n) is 14.5. The summed E-state index contributed by atoms with van der Waals surface area (Å²) in [5.41, 5.74) is 0. The van der Waals surface area contributed by atoms with Gasteiger partial charge in [-0.2, -0.15) is 0 Å². The highest BCUT2D eigenvalue weighted by atomic mass is 32.2. The van der Waals surface area contributed by atoms with Crippen LogP contribution >= 0.6 is 11.3 Å². The molecule has 6 nitrogen and oxygen atoms in total. The molecule has 136 valence electrons. The van der Waals surface area contributed by atoms with E-state index in [1.54, 1.807) is 6.07 Å². The van der Waals surface area contributed by atoms with E-state index in [0.717, 1.165) is 30.8 Å². The summed E-state index contributed by atoms with van der Waals surface area (Å²) >= 11 is 1.40. The molecule has 1 fully saturated rings. The zero-order chi connectivity index (χ0) is 17.7. The van der Waals surface area contributed by atoms with Crippen LogP contribution in [0.5, 0.6) is 0 Å². The summed E-state index contributed by atoms with van der Waals surface area (Å²) < 4.78 is 27.1. The van der Waals surface area contributed by atoms with Crippen molar-refractivity contribution in [1.29, 1.82) is 0 Å². The van der Waals surface area contributed by atoms with Crippen LogP contribution in [0.25, 0.3) is 0 Å². The van der Waals surface area contributed by atoms with Crippen molar-refractivity contribution in [3.05, 3.63) is 21.9 Å². The van der Waals surface area contributed by atoms with Crippen LogP contribution in [0.15, 0.2) is 12.1 Å². The van der Waals surface area contributed by atoms with Crippen molar-refractivity contribution in [2.24, 2.45) is 0 Å². The maximum atomic E-state index is 12.2. The number of thiophene rings is 1. The maximum absolute atomic E-state index is 12.2. The molecule has 0 unspecified atom stereocenters. The Bertz CT molecular complexity index is 647. The Balaban J connectivity index is 1.73. The van der Waals surface area contributed by atoms with Crippen LogP contribution in [-0.2, 0) is 10.0 Å². The molecule has 8 heteroatoms. The fourth-order valence-electron chi connectivity index (χ4n) is 2.79. The van der Waals surface area contributed by atoms with Gasteiger partial charge in [0.2, 0.25) is 10.0 Å². The van der Waals surface area contributed by atoms with Gasteiger partial charge in [-0.15, -0.1) is 11.3 Å². The molecule has 24 heavy (non-hydrogen) atoms. The third kappa shape index (κ3) is 5.84. The second-order valence-electron chi connectivity index (χ2n) is 6.51. The Labute approximate surface area is 148 Å². The first kappa shape index (κ1) is 19.4. The van der Waals surface area contributed by atoms with Crippen LogP contribution in [0, 0.1) is 6.92 Å². The molecule has 1 aromatic rings. The molecule has 0 radical (unpaired) electrons. The number of likely N-dealkylation sites (tertiary alicyclic amines) is 1. The summed E-state index contributed by atoms with van der Waals surface area (Å²) in [6.07, 6.45) is 1.66. The minimum atomic E-state index is -3.37. The Hall–Kier alpha value is -0.960. The molecule has 0 spiro atoms. The Kier molecular flexibility index (Phi) is 6.79. The fourth-order valence-corrected chi connectivity index (χ4v) is 4.81. The van der Waals surface area contributed by atoms with Crippen LogP contribution < -0.4 is 10.0 Å². The molecule has 2 N–H and O–H groups in total. The highest BCUT2D eigenvalue weighted by molar-refractivity contribution is 7.89. The third-order valence-corrected chi connectivity index (χ3v) is 6.66. The van der Waals surface area contributed by atoms with Gasteiger partial charge in [-0.1, -0.05) is 0 Å². The molecule has 0 aromatic carbocycles. The van der Waals surface area contributed by atoms with E-state index in [-0.39, 0.29) is 24.2 Å². The highest BCUT2D eigenvalue weighted by Crippen LogP contribution is 2.15. The van der Waals surface area contributed by atoms with Gasteiger partial charge in [0, 0.05) is 23.5 Å². The summed E-state index contributed by atoms with van der Waals surface area (Å²) in [6.45, 7) is 8.19. The van der Waals surface area contributed by atoms with Crippen LogP contribution in [0.2, 0.25) is 0 Å². The molecule has 0 aliphatic carbocycles. The molecule has 1 aliphatic heterocycles. The average molecular weight is 374 g/mol. The van der Waals surface area contributed by atoms with E-state index >= 15 is 0 Å². The number of aryl methyl sites for hydroxylation is 1. The first-order valence-electron chi connectivity index (χ1n) is 8.35. The molecule has 1 aliphatic rings. The number of rotatable bonds is 7. The van der Waals surface area contributed by atoms with Crippen LogP contribution in [0.1, 0.15) is 41.2 Å². The van der Waals surface area contributed by atoms with Crippen molar-refractivity contribution in [2.75, 3.05) is 25.4 Å². The van der Waals surface area contributed by atoms with E-state index in [1.807, 2.05) is 13.0 Å². The molecule has 1 aromatic heterocycles. The number of amides is 1. The fraction of sp³-hybridized carbons (Fsp3) is 0.688. The van der Waals surface area contributed by atoms with Gasteiger partial charge < -0.3 is 10.2 Å². The van der Waals surface area contributed by atoms with Crippen molar-refractivity contribution in [1.82, 2.24) is 14.9 Å². The van der Waals surface area contributed by atoms with Crippen molar-refractivity contribution in [3.8, 4) is 0 Å². The van der Waals surface area contributed by atoms with Crippen molar-refractivity contribution < 1.29 is 13.2 Å². The predicted molar refractivity (Wildman–Crippen MR) is 98.0 cm³/mol. The summed E-state index contributed by atoms with van der Waals surface area (Å²) in [5, 5.41) is 2.67. The lowest BCUT2D eigenvalue weighted by Gasteiger charge is -2.34. The number of sulfonamides is 1. The Morgan fingerprint density at radius 3 is 2.54 bits per heavy atom. The lowest BCUT2D eigenvalue weighted by atomic mass is 10.1. The Morgan fingerprint density at radius 1 is 1.33 bits per heavy atom. The minimum absolute atomic E-state index is 0.000599. The van der Waals surface area contributed by atoms with E-state index in [2.05, 4.69) is 28.8 Å². The van der Waals surface area contributed by atoms with Gasteiger partial charge in [0.15, 0.2) is 0 Å². The quantitative estimate of drug-likeness (QED) is 0.761.